The highest BCUT2D eigenvalue weighted by atomic mass is 16.5. The zero-order valence-electron chi connectivity index (χ0n) is 15.0. The predicted octanol–water partition coefficient (Wildman–Crippen LogP) is 3.22. The first-order chi connectivity index (χ1) is 12.0. The van der Waals surface area contributed by atoms with E-state index in [1.165, 1.54) is 0 Å². The van der Waals surface area contributed by atoms with Crippen molar-refractivity contribution >= 4 is 17.3 Å². The minimum atomic E-state index is -0.543. The van der Waals surface area contributed by atoms with Crippen molar-refractivity contribution in [3.05, 3.63) is 54.1 Å². The van der Waals surface area contributed by atoms with E-state index in [2.05, 4.69) is 5.32 Å². The molecule has 2 N–H and O–H groups in total. The van der Waals surface area contributed by atoms with Crippen LogP contribution in [0.25, 0.3) is 0 Å². The number of nitrogens with zero attached hydrogens (tertiary/aromatic N) is 1. The fraction of sp³-hybridized carbons (Fsp3) is 0.350. The quantitative estimate of drug-likeness (QED) is 0.773. The molecule has 0 spiro atoms. The maximum Gasteiger partial charge on any atom is 0.265 e. The Morgan fingerprint density at radius 2 is 1.96 bits per heavy atom. The Hall–Kier alpha value is -2.53. The molecule has 25 heavy (non-hydrogen) atoms. The maximum atomic E-state index is 12.5. The van der Waals surface area contributed by atoms with Crippen LogP contribution in [0.5, 0.6) is 5.75 Å². The molecule has 0 aromatic heterocycles. The molecule has 1 unspecified atom stereocenters. The highest BCUT2D eigenvalue weighted by Crippen LogP contribution is 2.19. The number of aliphatic hydroxyl groups excluding tert-OH is 1. The molecule has 0 aliphatic rings. The van der Waals surface area contributed by atoms with Gasteiger partial charge in [0.1, 0.15) is 5.75 Å². The molecule has 1 atom stereocenters. The number of likely N-dealkylation sites (N-methyl/N-ethyl adjacent to an activating group) is 1. The van der Waals surface area contributed by atoms with E-state index in [4.69, 9.17) is 9.84 Å². The smallest absolute Gasteiger partial charge is 0.265 e. The van der Waals surface area contributed by atoms with Crippen LogP contribution in [-0.4, -0.2) is 37.3 Å². The molecule has 0 bridgehead atoms. The van der Waals surface area contributed by atoms with Crippen LogP contribution >= 0.6 is 0 Å². The Labute approximate surface area is 149 Å². The van der Waals surface area contributed by atoms with Gasteiger partial charge in [-0.05, 0) is 55.3 Å². The zero-order chi connectivity index (χ0) is 18.2. The number of nitrogens with one attached hydrogen (secondary N) is 1. The van der Waals surface area contributed by atoms with Gasteiger partial charge in [0.05, 0.1) is 6.61 Å². The van der Waals surface area contributed by atoms with Gasteiger partial charge in [0, 0.05) is 25.0 Å². The predicted molar refractivity (Wildman–Crippen MR) is 101 cm³/mol. The minimum absolute atomic E-state index is 0.101. The highest BCUT2D eigenvalue weighted by Gasteiger charge is 2.18. The van der Waals surface area contributed by atoms with E-state index in [9.17, 15) is 4.79 Å². The van der Waals surface area contributed by atoms with Crippen molar-refractivity contribution in [3.8, 4) is 5.75 Å². The van der Waals surface area contributed by atoms with E-state index in [0.29, 0.717) is 18.7 Å². The summed E-state index contributed by atoms with van der Waals surface area (Å²) < 4.78 is 5.82. The lowest BCUT2D eigenvalue weighted by molar-refractivity contribution is -0.122. The molecule has 2 rings (SSSR count). The second kappa shape index (κ2) is 9.08. The first-order valence-electron chi connectivity index (χ1n) is 8.49. The Kier molecular flexibility index (Phi) is 6.83. The molecule has 2 aromatic rings. The Morgan fingerprint density at radius 1 is 1.24 bits per heavy atom. The summed E-state index contributed by atoms with van der Waals surface area (Å²) >= 11 is 0. The Balaban J connectivity index is 1.99. The molecule has 0 aliphatic heterocycles. The number of carbonyl (C=O) groups is 1. The van der Waals surface area contributed by atoms with E-state index >= 15 is 0 Å². The fourth-order valence-electron chi connectivity index (χ4n) is 2.48. The number of amides is 1. The minimum Gasteiger partial charge on any atom is -0.481 e. The molecule has 0 heterocycles. The summed E-state index contributed by atoms with van der Waals surface area (Å²) in [4.78, 5) is 14.4. The van der Waals surface area contributed by atoms with Crippen LogP contribution < -0.4 is 15.0 Å². The molecule has 5 heteroatoms. The van der Waals surface area contributed by atoms with E-state index < -0.39 is 6.10 Å². The standard InChI is InChI=1S/C20H26N2O3/c1-4-19(25-18-7-5-6-15(2)14-18)20(24)21-16-8-10-17(11-9-16)22(3)12-13-23/h5-11,14,19,23H,4,12-13H2,1-3H3,(H,21,24). The zero-order valence-corrected chi connectivity index (χ0v) is 15.0. The normalized spacial score (nSPS) is 11.7. The molecule has 0 fully saturated rings. The fourth-order valence-corrected chi connectivity index (χ4v) is 2.48. The van der Waals surface area contributed by atoms with Crippen LogP contribution in [0.1, 0.15) is 18.9 Å². The molecular formula is C20H26N2O3. The van der Waals surface area contributed by atoms with Crippen LogP contribution in [0.15, 0.2) is 48.5 Å². The van der Waals surface area contributed by atoms with Gasteiger partial charge in [-0.2, -0.15) is 0 Å². The molecule has 0 saturated heterocycles. The summed E-state index contributed by atoms with van der Waals surface area (Å²) in [6.45, 7) is 4.58. The van der Waals surface area contributed by atoms with Gasteiger partial charge in [0.15, 0.2) is 6.10 Å². The van der Waals surface area contributed by atoms with Gasteiger partial charge in [-0.15, -0.1) is 0 Å². The Bertz CT molecular complexity index is 686. The van der Waals surface area contributed by atoms with Crippen LogP contribution in [0.4, 0.5) is 11.4 Å². The van der Waals surface area contributed by atoms with Crippen LogP contribution in [0, 0.1) is 6.92 Å². The van der Waals surface area contributed by atoms with E-state index in [0.717, 1.165) is 16.9 Å². The molecule has 1 amide bonds. The molecular weight excluding hydrogens is 316 g/mol. The van der Waals surface area contributed by atoms with Crippen molar-refractivity contribution < 1.29 is 14.6 Å². The summed E-state index contributed by atoms with van der Waals surface area (Å²) in [5, 5.41) is 11.9. The van der Waals surface area contributed by atoms with Crippen LogP contribution in [0.3, 0.4) is 0 Å². The van der Waals surface area contributed by atoms with Gasteiger partial charge >= 0.3 is 0 Å². The molecule has 134 valence electrons. The van der Waals surface area contributed by atoms with E-state index in [1.807, 2.05) is 74.3 Å². The van der Waals surface area contributed by atoms with Crippen molar-refractivity contribution in [3.63, 3.8) is 0 Å². The first-order valence-corrected chi connectivity index (χ1v) is 8.49. The number of aliphatic hydroxyl groups is 1. The summed E-state index contributed by atoms with van der Waals surface area (Å²) in [5.74, 6) is 0.531. The number of rotatable bonds is 8. The lowest BCUT2D eigenvalue weighted by atomic mass is 10.2. The lowest BCUT2D eigenvalue weighted by Gasteiger charge is -2.19. The van der Waals surface area contributed by atoms with Crippen molar-refractivity contribution in [1.29, 1.82) is 0 Å². The number of benzene rings is 2. The summed E-state index contributed by atoms with van der Waals surface area (Å²) in [6, 6.07) is 15.2. The highest BCUT2D eigenvalue weighted by molar-refractivity contribution is 5.94. The van der Waals surface area contributed by atoms with Gasteiger partial charge < -0.3 is 20.1 Å². The third-order valence-corrected chi connectivity index (χ3v) is 3.94. The number of hydrogen-bond donors (Lipinski definition) is 2. The van der Waals surface area contributed by atoms with Crippen molar-refractivity contribution in [2.75, 3.05) is 30.4 Å². The number of anilines is 2. The summed E-state index contributed by atoms with van der Waals surface area (Å²) in [6.07, 6.45) is 0.0374. The molecule has 0 saturated carbocycles. The van der Waals surface area contributed by atoms with Crippen molar-refractivity contribution in [1.82, 2.24) is 0 Å². The van der Waals surface area contributed by atoms with Gasteiger partial charge in [0.2, 0.25) is 0 Å². The van der Waals surface area contributed by atoms with Gasteiger partial charge in [-0.1, -0.05) is 19.1 Å². The number of aryl methyl sites for hydroxylation is 1. The van der Waals surface area contributed by atoms with E-state index in [-0.39, 0.29) is 12.5 Å². The van der Waals surface area contributed by atoms with Crippen molar-refractivity contribution in [2.45, 2.75) is 26.4 Å². The van der Waals surface area contributed by atoms with Gasteiger partial charge in [-0.3, -0.25) is 4.79 Å². The van der Waals surface area contributed by atoms with Crippen LogP contribution in [0.2, 0.25) is 0 Å². The summed E-state index contributed by atoms with van der Waals surface area (Å²) in [7, 11) is 1.91. The molecule has 5 nitrogen and oxygen atoms in total. The van der Waals surface area contributed by atoms with Gasteiger partial charge in [-0.25, -0.2) is 0 Å². The Morgan fingerprint density at radius 3 is 2.56 bits per heavy atom. The number of ether oxygens (including phenoxy) is 1. The lowest BCUT2D eigenvalue weighted by Crippen LogP contribution is -2.32. The second-order valence-corrected chi connectivity index (χ2v) is 6.01. The number of carbonyl (C=O) groups excluding carboxylic acids is 1. The summed E-state index contributed by atoms with van der Waals surface area (Å²) in [5.41, 5.74) is 2.79. The average Bonchev–Trinajstić information content (AvgIpc) is 2.60. The molecule has 0 radical (unpaired) electrons. The monoisotopic (exact) mass is 342 g/mol. The topological polar surface area (TPSA) is 61.8 Å². The van der Waals surface area contributed by atoms with Gasteiger partial charge in [0.25, 0.3) is 5.91 Å². The first kappa shape index (κ1) is 18.8. The van der Waals surface area contributed by atoms with Crippen LogP contribution in [-0.2, 0) is 4.79 Å². The SMILES string of the molecule is CCC(Oc1cccc(C)c1)C(=O)Nc1ccc(N(C)CCO)cc1. The molecule has 0 aliphatic carbocycles. The third kappa shape index (κ3) is 5.50. The average molecular weight is 342 g/mol. The molecule has 2 aromatic carbocycles. The second-order valence-electron chi connectivity index (χ2n) is 6.01. The number of hydrogen-bond acceptors (Lipinski definition) is 4. The maximum absolute atomic E-state index is 12.5. The largest absolute Gasteiger partial charge is 0.481 e. The van der Waals surface area contributed by atoms with Crippen molar-refractivity contribution in [2.24, 2.45) is 0 Å². The third-order valence-electron chi connectivity index (χ3n) is 3.94. The van der Waals surface area contributed by atoms with E-state index in [1.54, 1.807) is 0 Å².